The van der Waals surface area contributed by atoms with Crippen LogP contribution in [0.4, 0.5) is 0 Å². The van der Waals surface area contributed by atoms with Crippen molar-refractivity contribution < 1.29 is 0 Å². The van der Waals surface area contributed by atoms with E-state index in [2.05, 4.69) is 0 Å². The zero-order valence-electron chi connectivity index (χ0n) is 85.4. The van der Waals surface area contributed by atoms with E-state index < -0.39 is 0 Å². The molecule has 0 nitrogen and oxygen atoms in total. The van der Waals surface area contributed by atoms with Gasteiger partial charge in [-0.05, 0) is 767 Å². The van der Waals surface area contributed by atoms with E-state index in [0.29, 0.717) is 0 Å². The average Bonchev–Trinajstić information content (AvgIpc) is 0.478. The molecule has 0 aromatic carbocycles. The first-order chi connectivity index (χ1) is 69.6. The van der Waals surface area contributed by atoms with Gasteiger partial charge in [-0.1, -0.05) is 77.0 Å². The minimum absolute atomic E-state index is 1.08. The summed E-state index contributed by atoms with van der Waals surface area (Å²) in [6.07, 6.45) is 66.9. The number of hydrogen-bond acceptors (Lipinski definition) is 0. The molecular weight excluding hydrogens is 1680 g/mol. The SMILES string of the molecule is C1C2CC3C4C5C6C7C8C9C%10C%11C%12C%13C%14CC%15CC%16C%17C%18C%19C%20C%21C%22C%23C%24C%25C%26C1C23C%264C%255C%246C%237C%228C%219C%20%10C%19%11C%18%12C%17%13C%15%16%14.C1CC2C1C1C2C2C1C1C2C2C1C1C2C2C3C4C5C6C7CCC7C6C5C4C3C12.C1CC2C1C1C2C2C1C1C2C2C1C1C2C2C3C4C5C6C7CCC7C6C5C4C3C12.C1CC2CCC12.C1CC2CCC12.C1CC2CCC12.C1CC2CCC12.C1CC2CCCC(C1)C2.C1CC2CCCC(C1)C2. The number of hydrogen-bond donors (Lipinski definition) is 0. The van der Waals surface area contributed by atoms with Crippen LogP contribution in [0.15, 0.2) is 0 Å². The molecule has 0 aromatic rings. The molecule has 0 heteroatoms. The van der Waals surface area contributed by atoms with Crippen molar-refractivity contribution in [2.45, 2.75) is 270 Å². The molecule has 140 heavy (non-hydrogen) atoms. The van der Waals surface area contributed by atoms with Gasteiger partial charge in [0, 0.05) is 0 Å². The van der Waals surface area contributed by atoms with Gasteiger partial charge in [0.1, 0.15) is 0 Å². The van der Waals surface area contributed by atoms with Gasteiger partial charge in [-0.25, -0.2) is 0 Å². The molecule has 0 aliphatic heterocycles. The Labute approximate surface area is 837 Å². The molecular formula is C140H170. The molecule has 64 saturated carbocycles. The molecule has 12 spiro atoms. The van der Waals surface area contributed by atoms with E-state index >= 15 is 0 Å². The highest BCUT2D eigenvalue weighted by molar-refractivity contribution is 5.84. The normalized spacial score (nSPS) is 90.0. The van der Waals surface area contributed by atoms with Gasteiger partial charge in [-0.3, -0.25) is 0 Å². The van der Waals surface area contributed by atoms with E-state index in [1.54, 1.807) is 244 Å². The lowest BCUT2D eigenvalue weighted by molar-refractivity contribution is -0.935. The molecule has 64 rings (SSSR count). The lowest BCUT2D eigenvalue weighted by atomic mass is 8.64. The van der Waals surface area contributed by atoms with Gasteiger partial charge in [-0.15, -0.1) is 0 Å². The fourth-order valence-electron chi connectivity index (χ4n) is 84.0. The Morgan fingerprint density at radius 1 is 0.107 bits per heavy atom. The van der Waals surface area contributed by atoms with Gasteiger partial charge in [0.2, 0.25) is 0 Å². The van der Waals surface area contributed by atoms with Gasteiger partial charge in [0.15, 0.2) is 0 Å². The van der Waals surface area contributed by atoms with E-state index in [1.807, 2.05) is 0 Å². The summed E-state index contributed by atoms with van der Waals surface area (Å²) in [6.45, 7) is 0. The predicted molar refractivity (Wildman–Crippen MR) is 523 cm³/mol. The lowest BCUT2D eigenvalue weighted by Crippen LogP contribution is -3.37. The molecule has 64 atom stereocenters. The maximum absolute atomic E-state index is 1.76. The Kier molecular flexibility index (Phi) is 9.72. The summed E-state index contributed by atoms with van der Waals surface area (Å²) in [5.74, 6) is 113. The van der Waals surface area contributed by atoms with Crippen LogP contribution in [0.1, 0.15) is 270 Å². The summed E-state index contributed by atoms with van der Waals surface area (Å²) in [5.41, 5.74) is 13.1. The Morgan fingerprint density at radius 3 is 0.350 bits per heavy atom. The van der Waals surface area contributed by atoms with Crippen molar-refractivity contribution in [1.82, 2.24) is 0 Å². The van der Waals surface area contributed by atoms with Gasteiger partial charge in [0.05, 0.1) is 0 Å². The minimum Gasteiger partial charge on any atom is -0.0528 e. The smallest absolute Gasteiger partial charge is 0.00932 e. The van der Waals surface area contributed by atoms with Crippen LogP contribution < -0.4 is 0 Å². The van der Waals surface area contributed by atoms with Crippen molar-refractivity contribution in [3.63, 3.8) is 0 Å². The molecule has 0 aromatic heterocycles. The summed E-state index contributed by atoms with van der Waals surface area (Å²) < 4.78 is 0. The summed E-state index contributed by atoms with van der Waals surface area (Å²) in [6, 6.07) is 0. The predicted octanol–water partition coefficient (Wildman–Crippen LogP) is 27.0. The van der Waals surface area contributed by atoms with Gasteiger partial charge in [0.25, 0.3) is 0 Å². The quantitative estimate of drug-likeness (QED) is 0.212. The Hall–Kier alpha value is 0. The van der Waals surface area contributed by atoms with E-state index in [4.69, 9.17) is 0 Å². The van der Waals surface area contributed by atoms with Gasteiger partial charge >= 0.3 is 0 Å². The van der Waals surface area contributed by atoms with Crippen LogP contribution in [-0.4, -0.2) is 0 Å². The van der Waals surface area contributed by atoms with Crippen molar-refractivity contribution >= 4 is 0 Å². The van der Waals surface area contributed by atoms with Crippen molar-refractivity contribution in [3.8, 4) is 0 Å². The average molecular weight is 1850 g/mol. The fraction of sp³-hybridized carbons (Fsp3) is 1.00. The molecule has 4 bridgehead atoms. The first-order valence-corrected chi connectivity index (χ1v) is 69.6. The van der Waals surface area contributed by atoms with Crippen molar-refractivity contribution in [2.24, 2.45) is 574 Å². The van der Waals surface area contributed by atoms with E-state index in [9.17, 15) is 0 Å². The second kappa shape index (κ2) is 19.1. The largest absolute Gasteiger partial charge is 0.0528 e. The highest BCUT2D eigenvalue weighted by Crippen LogP contribution is 3.41. The fourth-order valence-corrected chi connectivity index (χ4v) is 84.0. The maximum atomic E-state index is 1.76. The third kappa shape index (κ3) is 4.74. The number of fused-ring (bicyclic) bond motifs is 98. The van der Waals surface area contributed by atoms with Crippen molar-refractivity contribution in [1.29, 1.82) is 0 Å². The van der Waals surface area contributed by atoms with Crippen LogP contribution in [0.5, 0.6) is 0 Å². The highest BCUT2D eigenvalue weighted by Gasteiger charge is 3.39. The molecule has 64 unspecified atom stereocenters. The monoisotopic (exact) mass is 1850 g/mol. The van der Waals surface area contributed by atoms with Gasteiger partial charge in [-0.2, -0.15) is 0 Å². The van der Waals surface area contributed by atoms with E-state index in [0.717, 1.165) is 88.7 Å². The molecule has 0 N–H and O–H groups in total. The zero-order chi connectivity index (χ0) is 85.4. The first kappa shape index (κ1) is 71.1. The van der Waals surface area contributed by atoms with Crippen LogP contribution in [-0.2, 0) is 0 Å². The molecule has 64 fully saturated rings. The van der Waals surface area contributed by atoms with E-state index in [1.165, 1.54) is 511 Å². The third-order valence-electron chi connectivity index (χ3n) is 83.3. The van der Waals surface area contributed by atoms with Crippen molar-refractivity contribution in [3.05, 3.63) is 0 Å². The Morgan fingerprint density at radius 2 is 0.236 bits per heavy atom. The molecule has 64 aliphatic carbocycles. The Balaban J connectivity index is 0.0000000602. The van der Waals surface area contributed by atoms with Crippen LogP contribution in [0.3, 0.4) is 0 Å². The third-order valence-corrected chi connectivity index (χ3v) is 83.3. The molecule has 730 valence electrons. The number of rotatable bonds is 0. The topological polar surface area (TPSA) is 0 Å². The molecule has 64 aliphatic rings. The van der Waals surface area contributed by atoms with Crippen LogP contribution in [0, 0.1) is 574 Å². The Bertz CT molecular complexity index is 5380. The summed E-state index contributed by atoms with van der Waals surface area (Å²) in [5, 5.41) is 0. The second-order valence-electron chi connectivity index (χ2n) is 74.9. The van der Waals surface area contributed by atoms with Gasteiger partial charge < -0.3 is 0 Å². The minimum atomic E-state index is 1.08. The van der Waals surface area contributed by atoms with Crippen LogP contribution >= 0.6 is 0 Å². The maximum Gasteiger partial charge on any atom is -0.00932 e. The van der Waals surface area contributed by atoms with Crippen LogP contribution in [0.2, 0.25) is 0 Å². The van der Waals surface area contributed by atoms with Crippen LogP contribution in [0.25, 0.3) is 0 Å². The molecule has 0 heterocycles. The summed E-state index contributed by atoms with van der Waals surface area (Å²) in [4.78, 5) is 0. The molecule has 0 saturated heterocycles. The molecule has 0 radical (unpaired) electrons. The summed E-state index contributed by atoms with van der Waals surface area (Å²) in [7, 11) is 0. The summed E-state index contributed by atoms with van der Waals surface area (Å²) >= 11 is 0. The van der Waals surface area contributed by atoms with E-state index in [-0.39, 0.29) is 0 Å². The lowest BCUT2D eigenvalue weighted by Gasteiger charge is -3.39. The first-order valence-electron chi connectivity index (χ1n) is 69.6. The zero-order valence-corrected chi connectivity index (χ0v) is 85.4. The van der Waals surface area contributed by atoms with Crippen molar-refractivity contribution in [2.75, 3.05) is 0 Å². The highest BCUT2D eigenvalue weighted by atomic mass is 15.4. The molecule has 0 amide bonds. The standard InChI is InChI=1S/C42H34.2C28H32.2C9H16.4C6H10/c1-5-2-8-12-16-20-24-29-30-26-22-18-14-10-4-6-3-9-13-17-21-25-28-27-23-19-15-11-7(1)31(5,8)33(11,12)35(15,16)37(19,20)39(23,24)41(27,29)42(28,30)40(25,26)38(21,22)36(17,18)34(13,14)32(6,9)10;2*1-2-6-5(1)9-10(6)14-13(9)17-18(14)22-21(17)25-26(22)28-24-20-16-12-8-4-3-7(8)11(12)15(16)19(20)23(24)27(25)28;2*1-3-8-5-2-6-9(4-1)7-8;4*1-2-6-4-3-5(1)6/h5-30H,1-4H2;2*5-28H,1-4H2;2*8-9H,1-7H2;4*5-6H,1-4H2. The second-order valence-corrected chi connectivity index (χ2v) is 74.9.